The van der Waals surface area contributed by atoms with Gasteiger partial charge >= 0.3 is 5.97 Å². The number of anilines is 1. The molecule has 0 spiro atoms. The first-order chi connectivity index (χ1) is 17.3. The Labute approximate surface area is 209 Å². The Balaban J connectivity index is 1.76. The summed E-state index contributed by atoms with van der Waals surface area (Å²) in [6.45, 7) is 3.56. The summed E-state index contributed by atoms with van der Waals surface area (Å²) in [5, 5.41) is 13.7. The van der Waals surface area contributed by atoms with Crippen LogP contribution in [0.25, 0.3) is 0 Å². The predicted octanol–water partition coefficient (Wildman–Crippen LogP) is 4.17. The van der Waals surface area contributed by atoms with Gasteiger partial charge in [-0.05, 0) is 31.9 Å². The summed E-state index contributed by atoms with van der Waals surface area (Å²) in [5.74, 6) is -1.36. The molecule has 1 N–H and O–H groups in total. The lowest BCUT2D eigenvalue weighted by molar-refractivity contribution is -0.385. The number of esters is 1. The molecule has 1 saturated heterocycles. The fourth-order valence-corrected chi connectivity index (χ4v) is 4.41. The maximum Gasteiger partial charge on any atom is 0.311 e. The van der Waals surface area contributed by atoms with Crippen LogP contribution < -0.4 is 10.1 Å². The average molecular weight is 498 g/mol. The molecule has 1 aliphatic rings. The van der Waals surface area contributed by atoms with Crippen molar-refractivity contribution in [3.8, 4) is 5.75 Å². The number of nitrogens with zero attached hydrogens (tertiary/aromatic N) is 2. The fraction of sp³-hybridized carbons (Fsp3) is 0.423. The van der Waals surface area contributed by atoms with E-state index in [-0.39, 0.29) is 30.1 Å². The number of aryl methyl sites for hydroxylation is 1. The summed E-state index contributed by atoms with van der Waals surface area (Å²) in [6, 6.07) is 11.0. The molecule has 0 aliphatic carbocycles. The smallest absolute Gasteiger partial charge is 0.311 e. The van der Waals surface area contributed by atoms with Crippen LogP contribution in [0.1, 0.15) is 49.8 Å². The zero-order chi connectivity index (χ0) is 26.2. The van der Waals surface area contributed by atoms with Crippen LogP contribution in [-0.4, -0.2) is 47.9 Å². The number of unbranched alkanes of at least 4 members (excludes halogenated alkanes) is 1. The molecule has 36 heavy (non-hydrogen) atoms. The molecule has 2 aromatic rings. The van der Waals surface area contributed by atoms with Crippen molar-refractivity contribution in [2.24, 2.45) is 5.92 Å². The van der Waals surface area contributed by atoms with Gasteiger partial charge in [0.2, 0.25) is 5.91 Å². The van der Waals surface area contributed by atoms with Crippen molar-refractivity contribution in [3.05, 3.63) is 63.7 Å². The van der Waals surface area contributed by atoms with Crippen LogP contribution in [0.15, 0.2) is 42.5 Å². The number of piperidine rings is 1. The Hall–Kier alpha value is -3.95. The summed E-state index contributed by atoms with van der Waals surface area (Å²) in [5.41, 5.74) is 1.28. The minimum atomic E-state index is -0.677. The van der Waals surface area contributed by atoms with E-state index in [1.54, 1.807) is 17.9 Å². The van der Waals surface area contributed by atoms with Crippen molar-refractivity contribution in [1.82, 2.24) is 4.90 Å². The van der Waals surface area contributed by atoms with Crippen molar-refractivity contribution >= 4 is 29.2 Å². The fourth-order valence-electron chi connectivity index (χ4n) is 4.41. The molecular formula is C26H31N3O7. The van der Waals surface area contributed by atoms with Gasteiger partial charge < -0.3 is 19.7 Å². The van der Waals surface area contributed by atoms with E-state index in [4.69, 9.17) is 9.47 Å². The number of hydrogen-bond acceptors (Lipinski definition) is 7. The van der Waals surface area contributed by atoms with Crippen LogP contribution in [0.2, 0.25) is 0 Å². The monoisotopic (exact) mass is 497 g/mol. The number of para-hydroxylation sites is 1. The van der Waals surface area contributed by atoms with Gasteiger partial charge in [-0.3, -0.25) is 24.5 Å². The Kier molecular flexibility index (Phi) is 8.99. The van der Waals surface area contributed by atoms with E-state index in [0.717, 1.165) is 12.8 Å². The second-order valence-electron chi connectivity index (χ2n) is 8.69. The third kappa shape index (κ3) is 6.18. The highest BCUT2D eigenvalue weighted by Gasteiger charge is 2.42. The zero-order valence-corrected chi connectivity index (χ0v) is 20.7. The van der Waals surface area contributed by atoms with Crippen molar-refractivity contribution < 1.29 is 28.8 Å². The zero-order valence-electron chi connectivity index (χ0n) is 20.7. The number of carbonyl (C=O) groups is 3. The Bertz CT molecular complexity index is 1130. The number of nitro groups is 1. The largest absolute Gasteiger partial charge is 0.496 e. The van der Waals surface area contributed by atoms with E-state index >= 15 is 0 Å². The maximum absolute atomic E-state index is 13.2. The number of likely N-dealkylation sites (tertiary alicyclic amines) is 1. The standard InChI is InChI=1S/C26H31N3O7/c1-4-5-14-28-24(31)13-12-20(25(28)19-8-6-7-9-22(19)35-3)26(32)36-16-23(30)27-18-11-10-17(2)21(15-18)29(33)34/h6-11,15,20,25H,4-5,12-14,16H2,1-3H3,(H,27,30). The third-order valence-electron chi connectivity index (χ3n) is 6.25. The van der Waals surface area contributed by atoms with E-state index in [2.05, 4.69) is 5.32 Å². The second-order valence-corrected chi connectivity index (χ2v) is 8.69. The second kappa shape index (κ2) is 12.1. The predicted molar refractivity (Wildman–Crippen MR) is 133 cm³/mol. The number of ether oxygens (including phenoxy) is 2. The van der Waals surface area contributed by atoms with Crippen LogP contribution in [0.4, 0.5) is 11.4 Å². The lowest BCUT2D eigenvalue weighted by Crippen LogP contribution is -2.46. The number of hydrogen-bond donors (Lipinski definition) is 1. The lowest BCUT2D eigenvalue weighted by atomic mass is 9.83. The van der Waals surface area contributed by atoms with E-state index < -0.39 is 35.4 Å². The van der Waals surface area contributed by atoms with Gasteiger partial charge in [0.15, 0.2) is 6.61 Å². The molecule has 10 nitrogen and oxygen atoms in total. The number of nitrogens with one attached hydrogen (secondary N) is 1. The van der Waals surface area contributed by atoms with Crippen LogP contribution >= 0.6 is 0 Å². The number of rotatable bonds is 10. The summed E-state index contributed by atoms with van der Waals surface area (Å²) >= 11 is 0. The Morgan fingerprint density at radius 2 is 1.97 bits per heavy atom. The molecule has 0 saturated carbocycles. The van der Waals surface area contributed by atoms with Crippen LogP contribution in [-0.2, 0) is 19.1 Å². The molecular weight excluding hydrogens is 466 g/mol. The average Bonchev–Trinajstić information content (AvgIpc) is 2.87. The molecule has 0 radical (unpaired) electrons. The van der Waals surface area contributed by atoms with Crippen LogP contribution in [0.3, 0.4) is 0 Å². The molecule has 0 bridgehead atoms. The number of carbonyl (C=O) groups excluding carboxylic acids is 3. The van der Waals surface area contributed by atoms with Crippen molar-refractivity contribution in [3.63, 3.8) is 0 Å². The molecule has 2 atom stereocenters. The minimum Gasteiger partial charge on any atom is -0.496 e. The molecule has 1 fully saturated rings. The van der Waals surface area contributed by atoms with Crippen molar-refractivity contribution in [1.29, 1.82) is 0 Å². The van der Waals surface area contributed by atoms with Gasteiger partial charge in [0.25, 0.3) is 11.6 Å². The van der Waals surface area contributed by atoms with E-state index in [1.165, 1.54) is 25.3 Å². The molecule has 2 unspecified atom stereocenters. The summed E-state index contributed by atoms with van der Waals surface area (Å²) in [6.07, 6.45) is 2.16. The minimum absolute atomic E-state index is 0.0397. The lowest BCUT2D eigenvalue weighted by Gasteiger charge is -2.40. The number of amides is 2. The molecule has 10 heteroatoms. The van der Waals surface area contributed by atoms with Gasteiger partial charge in [-0.15, -0.1) is 0 Å². The molecule has 2 amide bonds. The Morgan fingerprint density at radius 1 is 1.22 bits per heavy atom. The Morgan fingerprint density at radius 3 is 2.67 bits per heavy atom. The number of nitro benzene ring substituents is 1. The van der Waals surface area contributed by atoms with E-state index in [1.807, 2.05) is 25.1 Å². The highest BCUT2D eigenvalue weighted by atomic mass is 16.6. The van der Waals surface area contributed by atoms with Gasteiger partial charge in [-0.25, -0.2) is 0 Å². The first kappa shape index (κ1) is 26.7. The van der Waals surface area contributed by atoms with E-state index in [0.29, 0.717) is 23.4 Å². The van der Waals surface area contributed by atoms with Gasteiger partial charge in [0.05, 0.1) is 24.0 Å². The SMILES string of the molecule is CCCCN1C(=O)CCC(C(=O)OCC(=O)Nc2ccc(C)c([N+](=O)[O-])c2)C1c1ccccc1OC. The van der Waals surface area contributed by atoms with Gasteiger partial charge in [0, 0.05) is 35.8 Å². The highest BCUT2D eigenvalue weighted by Crippen LogP contribution is 2.41. The van der Waals surface area contributed by atoms with Gasteiger partial charge in [-0.2, -0.15) is 0 Å². The summed E-state index contributed by atoms with van der Waals surface area (Å²) in [7, 11) is 1.53. The van der Waals surface area contributed by atoms with Crippen molar-refractivity contribution in [2.45, 2.75) is 45.6 Å². The topological polar surface area (TPSA) is 128 Å². The molecule has 2 aromatic carbocycles. The third-order valence-corrected chi connectivity index (χ3v) is 6.25. The first-order valence-corrected chi connectivity index (χ1v) is 11.9. The molecule has 1 heterocycles. The molecule has 0 aromatic heterocycles. The molecule has 192 valence electrons. The van der Waals surface area contributed by atoms with Crippen LogP contribution in [0.5, 0.6) is 5.75 Å². The molecule has 1 aliphatic heterocycles. The quantitative estimate of drug-likeness (QED) is 0.296. The molecule has 3 rings (SSSR count). The van der Waals surface area contributed by atoms with Gasteiger partial charge in [0.1, 0.15) is 5.75 Å². The number of benzene rings is 2. The van der Waals surface area contributed by atoms with Crippen molar-refractivity contribution in [2.75, 3.05) is 25.6 Å². The highest BCUT2D eigenvalue weighted by molar-refractivity contribution is 5.93. The summed E-state index contributed by atoms with van der Waals surface area (Å²) < 4.78 is 10.9. The normalized spacial score (nSPS) is 17.4. The number of methoxy groups -OCH3 is 1. The van der Waals surface area contributed by atoms with Crippen LogP contribution in [0, 0.1) is 23.0 Å². The van der Waals surface area contributed by atoms with Gasteiger partial charge in [-0.1, -0.05) is 37.6 Å². The summed E-state index contributed by atoms with van der Waals surface area (Å²) in [4.78, 5) is 50.8. The first-order valence-electron chi connectivity index (χ1n) is 11.9. The van der Waals surface area contributed by atoms with E-state index in [9.17, 15) is 24.5 Å². The maximum atomic E-state index is 13.2.